The summed E-state index contributed by atoms with van der Waals surface area (Å²) < 4.78 is 0. The van der Waals surface area contributed by atoms with Gasteiger partial charge < -0.3 is 11.5 Å². The third-order valence-electron chi connectivity index (χ3n) is 1.00. The fourth-order valence-electron chi connectivity index (χ4n) is 0.530. The Hall–Kier alpha value is -1.43. The summed E-state index contributed by atoms with van der Waals surface area (Å²) in [6, 6.07) is 1.86. The van der Waals surface area contributed by atoms with Gasteiger partial charge in [-0.25, -0.2) is 0 Å². The van der Waals surface area contributed by atoms with Gasteiger partial charge >= 0.3 is 0 Å². The van der Waals surface area contributed by atoms with E-state index in [1.165, 1.54) is 0 Å². The second-order valence-corrected chi connectivity index (χ2v) is 1.54. The number of rotatable bonds is 0. The quantitative estimate of drug-likeness (QED) is 0.441. The van der Waals surface area contributed by atoms with Crippen LogP contribution >= 0.6 is 0 Å². The molecule has 3 heteroatoms. The van der Waals surface area contributed by atoms with Crippen LogP contribution < -0.4 is 11.5 Å². The SMILES string of the molecule is N#CC1=C(N)C=C1N. The van der Waals surface area contributed by atoms with Gasteiger partial charge in [-0.05, 0) is 6.08 Å². The van der Waals surface area contributed by atoms with Crippen LogP contribution in [0.4, 0.5) is 0 Å². The van der Waals surface area contributed by atoms with Crippen LogP contribution in [0, 0.1) is 11.3 Å². The van der Waals surface area contributed by atoms with Gasteiger partial charge in [-0.15, -0.1) is 0 Å². The highest BCUT2D eigenvalue weighted by molar-refractivity contribution is 5.56. The molecule has 0 fully saturated rings. The Morgan fingerprint density at radius 2 is 2.12 bits per heavy atom. The first-order chi connectivity index (χ1) is 3.75. The van der Waals surface area contributed by atoms with Crippen molar-refractivity contribution >= 4 is 0 Å². The highest BCUT2D eigenvalue weighted by Crippen LogP contribution is 2.17. The van der Waals surface area contributed by atoms with Gasteiger partial charge in [0, 0.05) is 0 Å². The van der Waals surface area contributed by atoms with Crippen molar-refractivity contribution < 1.29 is 0 Å². The Bertz CT molecular complexity index is 216. The first kappa shape index (κ1) is 4.72. The van der Waals surface area contributed by atoms with Gasteiger partial charge in [0.1, 0.15) is 6.07 Å². The second kappa shape index (κ2) is 1.27. The first-order valence-electron chi connectivity index (χ1n) is 2.13. The lowest BCUT2D eigenvalue weighted by atomic mass is 10.0. The van der Waals surface area contributed by atoms with Gasteiger partial charge in [0.25, 0.3) is 0 Å². The van der Waals surface area contributed by atoms with Gasteiger partial charge in [-0.3, -0.25) is 0 Å². The normalized spacial score (nSPS) is 16.6. The number of hydrogen-bond acceptors (Lipinski definition) is 3. The zero-order valence-corrected chi connectivity index (χ0v) is 4.18. The standard InChI is InChI=1S/C5H5N3/c6-2-3-4(7)1-5(3)8/h1H,7-8H2. The summed E-state index contributed by atoms with van der Waals surface area (Å²) in [5, 5.41) is 8.22. The van der Waals surface area contributed by atoms with E-state index in [4.69, 9.17) is 16.7 Å². The monoisotopic (exact) mass is 107 g/mol. The van der Waals surface area contributed by atoms with Gasteiger partial charge in [-0.2, -0.15) is 5.26 Å². The molecule has 0 heterocycles. The van der Waals surface area contributed by atoms with Crippen LogP contribution in [0.3, 0.4) is 0 Å². The number of nitriles is 1. The van der Waals surface area contributed by atoms with Crippen LogP contribution in [0.25, 0.3) is 0 Å². The fraction of sp³-hybridized carbons (Fsp3) is 0. The Balaban J connectivity index is 2.84. The molecule has 8 heavy (non-hydrogen) atoms. The molecule has 0 bridgehead atoms. The zero-order chi connectivity index (χ0) is 6.15. The Morgan fingerprint density at radius 3 is 2.25 bits per heavy atom. The van der Waals surface area contributed by atoms with Crippen molar-refractivity contribution in [2.24, 2.45) is 11.5 Å². The van der Waals surface area contributed by atoms with Crippen LogP contribution in [0.2, 0.25) is 0 Å². The molecule has 0 aromatic carbocycles. The average molecular weight is 107 g/mol. The summed E-state index contributed by atoms with van der Waals surface area (Å²) >= 11 is 0. The van der Waals surface area contributed by atoms with Crippen LogP contribution in [0.5, 0.6) is 0 Å². The molecule has 4 N–H and O–H groups in total. The molecule has 1 aliphatic carbocycles. The van der Waals surface area contributed by atoms with Crippen molar-refractivity contribution in [3.05, 3.63) is 23.0 Å². The Kier molecular flexibility index (Phi) is 0.750. The largest absolute Gasteiger partial charge is 0.398 e. The lowest BCUT2D eigenvalue weighted by Crippen LogP contribution is -2.16. The van der Waals surface area contributed by atoms with E-state index in [0.29, 0.717) is 17.0 Å². The average Bonchev–Trinajstić information content (AvgIpc) is 1.67. The molecule has 40 valence electrons. The topological polar surface area (TPSA) is 75.8 Å². The third kappa shape index (κ3) is 0.369. The van der Waals surface area contributed by atoms with Crippen molar-refractivity contribution in [3.8, 4) is 6.07 Å². The molecule has 0 radical (unpaired) electrons. The number of hydrogen-bond donors (Lipinski definition) is 2. The maximum absolute atomic E-state index is 8.22. The van der Waals surface area contributed by atoms with Crippen molar-refractivity contribution in [1.29, 1.82) is 5.26 Å². The lowest BCUT2D eigenvalue weighted by molar-refractivity contribution is 1.18. The van der Waals surface area contributed by atoms with Gasteiger partial charge in [0.2, 0.25) is 0 Å². The first-order valence-corrected chi connectivity index (χ1v) is 2.13. The second-order valence-electron chi connectivity index (χ2n) is 1.54. The highest BCUT2D eigenvalue weighted by Gasteiger charge is 2.12. The third-order valence-corrected chi connectivity index (χ3v) is 1.00. The minimum Gasteiger partial charge on any atom is -0.398 e. The van der Waals surface area contributed by atoms with E-state index in [9.17, 15) is 0 Å². The smallest absolute Gasteiger partial charge is 0.103 e. The number of allylic oxidation sites excluding steroid dienone is 2. The molecule has 0 saturated carbocycles. The van der Waals surface area contributed by atoms with E-state index in [0.717, 1.165) is 0 Å². The predicted octanol–water partition coefficient (Wildman–Crippen LogP) is -0.421. The van der Waals surface area contributed by atoms with E-state index in [-0.39, 0.29) is 0 Å². The van der Waals surface area contributed by atoms with Crippen molar-refractivity contribution in [1.82, 2.24) is 0 Å². The van der Waals surface area contributed by atoms with Crippen molar-refractivity contribution in [2.45, 2.75) is 0 Å². The molecule has 1 rings (SSSR count). The molecule has 0 unspecified atom stereocenters. The van der Waals surface area contributed by atoms with E-state index >= 15 is 0 Å². The fourth-order valence-corrected chi connectivity index (χ4v) is 0.530. The summed E-state index contributed by atoms with van der Waals surface area (Å²) in [5.41, 5.74) is 11.9. The summed E-state index contributed by atoms with van der Waals surface area (Å²) in [5.74, 6) is 0. The molecular formula is C5H5N3. The summed E-state index contributed by atoms with van der Waals surface area (Å²) in [4.78, 5) is 0. The molecule has 1 aliphatic rings. The van der Waals surface area contributed by atoms with E-state index in [1.54, 1.807) is 6.08 Å². The van der Waals surface area contributed by atoms with E-state index in [1.807, 2.05) is 6.07 Å². The zero-order valence-electron chi connectivity index (χ0n) is 4.18. The number of nitrogens with zero attached hydrogens (tertiary/aromatic N) is 1. The Morgan fingerprint density at radius 1 is 1.50 bits per heavy atom. The van der Waals surface area contributed by atoms with Gasteiger partial charge in [0.05, 0.1) is 17.0 Å². The van der Waals surface area contributed by atoms with Gasteiger partial charge in [-0.1, -0.05) is 0 Å². The maximum atomic E-state index is 8.22. The van der Waals surface area contributed by atoms with E-state index in [2.05, 4.69) is 0 Å². The highest BCUT2D eigenvalue weighted by atomic mass is 14.7. The maximum Gasteiger partial charge on any atom is 0.103 e. The Labute approximate surface area is 46.9 Å². The summed E-state index contributed by atoms with van der Waals surface area (Å²) in [7, 11) is 0. The summed E-state index contributed by atoms with van der Waals surface area (Å²) in [6.07, 6.45) is 1.57. The molecule has 0 saturated heterocycles. The molecule has 0 spiro atoms. The van der Waals surface area contributed by atoms with Crippen LogP contribution in [0.1, 0.15) is 0 Å². The van der Waals surface area contributed by atoms with Crippen molar-refractivity contribution in [3.63, 3.8) is 0 Å². The van der Waals surface area contributed by atoms with Crippen LogP contribution in [-0.4, -0.2) is 0 Å². The molecule has 0 atom stereocenters. The summed E-state index contributed by atoms with van der Waals surface area (Å²) in [6.45, 7) is 0. The van der Waals surface area contributed by atoms with Crippen molar-refractivity contribution in [2.75, 3.05) is 0 Å². The molecule has 0 aromatic rings. The molecule has 3 nitrogen and oxygen atoms in total. The molecule has 0 aromatic heterocycles. The molecule has 0 amide bonds. The minimum atomic E-state index is 0.421. The lowest BCUT2D eigenvalue weighted by Gasteiger charge is -2.09. The number of nitrogens with two attached hydrogens (primary N) is 2. The molecule has 0 aliphatic heterocycles. The van der Waals surface area contributed by atoms with Gasteiger partial charge in [0.15, 0.2) is 0 Å². The minimum absolute atomic E-state index is 0.421. The predicted molar refractivity (Wildman–Crippen MR) is 29.1 cm³/mol. The van der Waals surface area contributed by atoms with Crippen LogP contribution in [-0.2, 0) is 0 Å². The van der Waals surface area contributed by atoms with E-state index < -0.39 is 0 Å². The molecular weight excluding hydrogens is 102 g/mol. The van der Waals surface area contributed by atoms with Crippen LogP contribution in [0.15, 0.2) is 23.0 Å².